The van der Waals surface area contributed by atoms with Gasteiger partial charge in [-0.05, 0) is 55.3 Å². The zero-order chi connectivity index (χ0) is 21.5. The molecule has 0 aromatic rings. The average molecular weight is 421 g/mol. The largest absolute Gasteiger partial charge is 0.462 e. The van der Waals surface area contributed by atoms with Gasteiger partial charge < -0.3 is 19.3 Å². The average Bonchev–Trinajstić information content (AvgIpc) is 3.10. The molecule has 2 heterocycles. The molecular weight excluding hydrogens is 384 g/mol. The molecule has 5 rings (SSSR count). The lowest BCUT2D eigenvalue weighted by molar-refractivity contribution is -0.267. The Morgan fingerprint density at radius 1 is 1.23 bits per heavy atom. The van der Waals surface area contributed by atoms with Crippen molar-refractivity contribution in [3.05, 3.63) is 0 Å². The first kappa shape index (κ1) is 20.7. The van der Waals surface area contributed by atoms with E-state index in [1.807, 2.05) is 6.92 Å². The first-order valence-electron chi connectivity index (χ1n) is 11.9. The third kappa shape index (κ3) is 2.55. The van der Waals surface area contributed by atoms with E-state index in [4.69, 9.17) is 14.2 Å². The molecule has 6 nitrogen and oxygen atoms in total. The van der Waals surface area contributed by atoms with Crippen LogP contribution in [0.25, 0.3) is 0 Å². The lowest BCUT2D eigenvalue weighted by atomic mass is 9.38. The number of carbonyl (C=O) groups is 2. The molecule has 2 aliphatic heterocycles. The molecule has 3 saturated carbocycles. The van der Waals surface area contributed by atoms with Crippen LogP contribution < -0.4 is 0 Å². The van der Waals surface area contributed by atoms with E-state index in [0.717, 1.165) is 38.5 Å². The van der Waals surface area contributed by atoms with Crippen LogP contribution in [0.5, 0.6) is 0 Å². The highest BCUT2D eigenvalue weighted by Crippen LogP contribution is 2.73. The van der Waals surface area contributed by atoms with E-state index in [2.05, 4.69) is 20.8 Å². The van der Waals surface area contributed by atoms with Crippen molar-refractivity contribution in [2.75, 3.05) is 0 Å². The van der Waals surface area contributed by atoms with E-state index in [1.54, 1.807) is 0 Å². The molecule has 1 spiro atoms. The summed E-state index contributed by atoms with van der Waals surface area (Å²) in [6, 6.07) is 0. The minimum absolute atomic E-state index is 0.0500. The van der Waals surface area contributed by atoms with Crippen molar-refractivity contribution >= 4 is 11.9 Å². The molecule has 4 unspecified atom stereocenters. The van der Waals surface area contributed by atoms with Crippen LogP contribution in [0.15, 0.2) is 0 Å². The normalized spacial score (nSPS) is 50.8. The molecule has 5 aliphatic rings. The number of rotatable bonds is 3. The molecule has 9 atom stereocenters. The van der Waals surface area contributed by atoms with Gasteiger partial charge in [0.2, 0.25) is 6.29 Å². The van der Waals surface area contributed by atoms with E-state index >= 15 is 0 Å². The molecule has 30 heavy (non-hydrogen) atoms. The molecule has 5 fully saturated rings. The molecular formula is C24H36O6. The summed E-state index contributed by atoms with van der Waals surface area (Å²) in [5.41, 5.74) is -0.614. The summed E-state index contributed by atoms with van der Waals surface area (Å²) in [6.45, 7) is 8.96. The van der Waals surface area contributed by atoms with Gasteiger partial charge in [0.15, 0.2) is 6.29 Å². The molecule has 0 amide bonds. The second-order valence-corrected chi connectivity index (χ2v) is 11.5. The number of aliphatic hydroxyl groups is 1. The van der Waals surface area contributed by atoms with Crippen LogP contribution in [0.1, 0.15) is 79.1 Å². The number of ether oxygens (including phenoxy) is 3. The molecule has 0 aromatic carbocycles. The molecule has 3 aliphatic carbocycles. The number of fused-ring (bicyclic) bond motifs is 2. The molecule has 6 heteroatoms. The number of hydrogen-bond donors (Lipinski definition) is 1. The minimum Gasteiger partial charge on any atom is -0.462 e. The van der Waals surface area contributed by atoms with Crippen molar-refractivity contribution in [3.63, 3.8) is 0 Å². The molecule has 1 N–H and O–H groups in total. The number of esters is 2. The predicted octanol–water partition coefficient (Wildman–Crippen LogP) is 3.79. The summed E-state index contributed by atoms with van der Waals surface area (Å²) in [4.78, 5) is 25.1. The van der Waals surface area contributed by atoms with E-state index in [9.17, 15) is 14.7 Å². The Bertz CT molecular complexity index is 748. The molecule has 0 bridgehead atoms. The van der Waals surface area contributed by atoms with Crippen molar-refractivity contribution in [1.29, 1.82) is 0 Å². The lowest BCUT2D eigenvalue weighted by Crippen LogP contribution is -2.66. The molecule has 168 valence electrons. The highest BCUT2D eigenvalue weighted by atomic mass is 16.8. The maximum absolute atomic E-state index is 12.6. The van der Waals surface area contributed by atoms with Crippen molar-refractivity contribution in [2.45, 2.75) is 97.7 Å². The van der Waals surface area contributed by atoms with Crippen molar-refractivity contribution in [2.24, 2.45) is 39.9 Å². The van der Waals surface area contributed by atoms with Crippen LogP contribution in [0.2, 0.25) is 0 Å². The Balaban J connectivity index is 1.61. The van der Waals surface area contributed by atoms with Gasteiger partial charge in [0, 0.05) is 23.7 Å². The van der Waals surface area contributed by atoms with Gasteiger partial charge in [-0.15, -0.1) is 0 Å². The SMILES string of the molecule is CCCC(=O)O[C@H]1C[C@]23C(O)O[C@@H]4OC(=O)[C@H](CCC2[C@@]2(C)CCCC(C)(C)C12)C43. The van der Waals surface area contributed by atoms with Gasteiger partial charge in [0.1, 0.15) is 6.10 Å². The number of aliphatic hydroxyl groups excluding tert-OH is 1. The zero-order valence-corrected chi connectivity index (χ0v) is 18.7. The Labute approximate surface area is 179 Å². The Morgan fingerprint density at radius 2 is 2.00 bits per heavy atom. The Hall–Kier alpha value is -1.14. The number of hydrogen-bond acceptors (Lipinski definition) is 6. The fourth-order valence-electron chi connectivity index (χ4n) is 8.87. The van der Waals surface area contributed by atoms with Crippen LogP contribution in [0.3, 0.4) is 0 Å². The smallest absolute Gasteiger partial charge is 0.311 e. The fraction of sp³-hybridized carbons (Fsp3) is 0.917. The Kier molecular flexibility index (Phi) is 4.62. The summed E-state index contributed by atoms with van der Waals surface area (Å²) < 4.78 is 17.6. The van der Waals surface area contributed by atoms with Crippen LogP contribution in [0, 0.1) is 39.9 Å². The van der Waals surface area contributed by atoms with E-state index in [1.165, 1.54) is 0 Å². The van der Waals surface area contributed by atoms with E-state index < -0.39 is 18.0 Å². The highest BCUT2D eigenvalue weighted by Gasteiger charge is 2.76. The van der Waals surface area contributed by atoms with Gasteiger partial charge in [-0.3, -0.25) is 9.59 Å². The quantitative estimate of drug-likeness (QED) is 0.700. The predicted molar refractivity (Wildman–Crippen MR) is 108 cm³/mol. The van der Waals surface area contributed by atoms with Gasteiger partial charge in [0.05, 0.1) is 5.92 Å². The maximum Gasteiger partial charge on any atom is 0.311 e. The standard InChI is InChI=1S/C24H36O6/c1-5-7-16(25)28-14-12-24-15(23(4)11-6-10-22(2,3)18(14)23)9-8-13-17(24)20(29-19(13)26)30-21(24)27/h13-15,17-18,20-21,27H,5-12H2,1-4H3/t13-,14+,15?,17?,18?,20+,21?,23-,24+/m1/s1. The monoisotopic (exact) mass is 420 g/mol. The third-order valence-electron chi connectivity index (χ3n) is 9.57. The van der Waals surface area contributed by atoms with E-state index in [0.29, 0.717) is 12.8 Å². The zero-order valence-electron chi connectivity index (χ0n) is 18.7. The van der Waals surface area contributed by atoms with Gasteiger partial charge in [0.25, 0.3) is 0 Å². The third-order valence-corrected chi connectivity index (χ3v) is 9.57. The fourth-order valence-corrected chi connectivity index (χ4v) is 8.87. The first-order chi connectivity index (χ1) is 14.1. The van der Waals surface area contributed by atoms with Gasteiger partial charge in [-0.1, -0.05) is 34.1 Å². The van der Waals surface area contributed by atoms with Crippen LogP contribution in [0.4, 0.5) is 0 Å². The van der Waals surface area contributed by atoms with Crippen molar-refractivity contribution in [1.82, 2.24) is 0 Å². The van der Waals surface area contributed by atoms with Gasteiger partial charge in [-0.25, -0.2) is 0 Å². The molecule has 0 radical (unpaired) electrons. The van der Waals surface area contributed by atoms with Crippen LogP contribution in [-0.4, -0.2) is 35.7 Å². The lowest BCUT2D eigenvalue weighted by Gasteiger charge is -2.66. The van der Waals surface area contributed by atoms with E-state index in [-0.39, 0.29) is 52.5 Å². The van der Waals surface area contributed by atoms with Gasteiger partial charge >= 0.3 is 11.9 Å². The summed E-state index contributed by atoms with van der Waals surface area (Å²) in [6.07, 6.45) is 4.80. The molecule has 0 aromatic heterocycles. The van der Waals surface area contributed by atoms with Crippen molar-refractivity contribution in [3.8, 4) is 0 Å². The maximum atomic E-state index is 12.6. The minimum atomic E-state index is -0.983. The van der Waals surface area contributed by atoms with Crippen molar-refractivity contribution < 1.29 is 28.9 Å². The van der Waals surface area contributed by atoms with Gasteiger partial charge in [-0.2, -0.15) is 0 Å². The summed E-state index contributed by atoms with van der Waals surface area (Å²) in [7, 11) is 0. The molecule has 2 saturated heterocycles. The summed E-state index contributed by atoms with van der Waals surface area (Å²) >= 11 is 0. The topological polar surface area (TPSA) is 82.1 Å². The number of carbonyl (C=O) groups excluding carboxylic acids is 2. The second-order valence-electron chi connectivity index (χ2n) is 11.5. The summed E-state index contributed by atoms with van der Waals surface area (Å²) in [5.74, 6) is -0.244. The highest BCUT2D eigenvalue weighted by molar-refractivity contribution is 5.76. The van der Waals surface area contributed by atoms with Crippen LogP contribution in [-0.2, 0) is 23.8 Å². The van der Waals surface area contributed by atoms with Crippen LogP contribution >= 0.6 is 0 Å². The summed E-state index contributed by atoms with van der Waals surface area (Å²) in [5, 5.41) is 11.3. The second kappa shape index (κ2) is 6.68. The Morgan fingerprint density at radius 3 is 2.73 bits per heavy atom. The first-order valence-corrected chi connectivity index (χ1v) is 11.9.